The molecule has 1 saturated heterocycles. The number of nitro groups is 2. The van der Waals surface area contributed by atoms with E-state index in [-0.39, 0.29) is 0 Å². The van der Waals surface area contributed by atoms with Crippen LogP contribution < -0.4 is 5.32 Å². The number of piperidine rings is 1. The Hall–Kier alpha value is -2.94. The van der Waals surface area contributed by atoms with Crippen molar-refractivity contribution in [1.82, 2.24) is 5.32 Å². The van der Waals surface area contributed by atoms with Gasteiger partial charge in [-0.25, -0.2) is 8.78 Å². The van der Waals surface area contributed by atoms with E-state index in [4.69, 9.17) is 0 Å². The molecular formula is C19H19F2N3O4. The van der Waals surface area contributed by atoms with Crippen molar-refractivity contribution in [3.05, 3.63) is 91.5 Å². The predicted octanol–water partition coefficient (Wildman–Crippen LogP) is 3.67. The van der Waals surface area contributed by atoms with Gasteiger partial charge in [0.15, 0.2) is 0 Å². The van der Waals surface area contributed by atoms with Crippen molar-refractivity contribution in [3.63, 3.8) is 0 Å². The highest BCUT2D eigenvalue weighted by Gasteiger charge is 2.62. The Morgan fingerprint density at radius 2 is 1.11 bits per heavy atom. The average Bonchev–Trinajstić information content (AvgIpc) is 2.60. The van der Waals surface area contributed by atoms with Crippen LogP contribution in [0.15, 0.2) is 48.5 Å². The topological polar surface area (TPSA) is 98.3 Å². The summed E-state index contributed by atoms with van der Waals surface area (Å²) in [5.74, 6) is -0.982. The molecule has 1 aliphatic rings. The SMILES string of the molecule is CC1(C)[C@@H]([N+](=O)[O-])[C@@H](c2ccc(F)cc2)N[C@H](c2ccc(F)cc2)[C@@H]1[N+](=O)[O-]. The van der Waals surface area contributed by atoms with Crippen LogP contribution in [-0.4, -0.2) is 21.9 Å². The second kappa shape index (κ2) is 7.23. The number of benzene rings is 2. The summed E-state index contributed by atoms with van der Waals surface area (Å²) < 4.78 is 26.7. The average molecular weight is 391 g/mol. The maximum atomic E-state index is 13.3. The Bertz CT molecular complexity index is 816. The van der Waals surface area contributed by atoms with E-state index in [0.29, 0.717) is 11.1 Å². The summed E-state index contributed by atoms with van der Waals surface area (Å²) in [4.78, 5) is 22.7. The standard InChI is InChI=1S/C19H19F2N3O4/c1-19(2)17(23(25)26)15(11-3-7-13(20)8-4-11)22-16(18(19)24(27)28)12-5-9-14(21)10-6-12/h3-10,15-18,22H,1-2H3/t15-,16-,17+,18+/m1/s1. The summed E-state index contributed by atoms with van der Waals surface area (Å²) >= 11 is 0. The molecule has 0 bridgehead atoms. The maximum Gasteiger partial charge on any atom is 0.243 e. The summed E-state index contributed by atoms with van der Waals surface area (Å²) in [7, 11) is 0. The highest BCUT2D eigenvalue weighted by Crippen LogP contribution is 2.46. The van der Waals surface area contributed by atoms with Crippen molar-refractivity contribution in [2.24, 2.45) is 5.41 Å². The highest BCUT2D eigenvalue weighted by atomic mass is 19.1. The number of rotatable bonds is 4. The van der Waals surface area contributed by atoms with Gasteiger partial charge in [0.2, 0.25) is 12.1 Å². The fraction of sp³-hybridized carbons (Fsp3) is 0.368. The Morgan fingerprint density at radius 3 is 1.39 bits per heavy atom. The molecule has 1 fully saturated rings. The molecule has 0 aromatic heterocycles. The Balaban J connectivity index is 2.14. The lowest BCUT2D eigenvalue weighted by atomic mass is 9.66. The fourth-order valence-corrected chi connectivity index (χ4v) is 4.09. The molecule has 0 aliphatic carbocycles. The summed E-state index contributed by atoms with van der Waals surface area (Å²) in [6.45, 7) is 2.98. The van der Waals surface area contributed by atoms with Crippen molar-refractivity contribution < 1.29 is 18.6 Å². The Labute approximate surface area is 159 Å². The number of hydrogen-bond donors (Lipinski definition) is 1. The predicted molar refractivity (Wildman–Crippen MR) is 96.8 cm³/mol. The Morgan fingerprint density at radius 1 is 0.786 bits per heavy atom. The molecule has 1 N–H and O–H groups in total. The summed E-state index contributed by atoms with van der Waals surface area (Å²) in [5, 5.41) is 26.8. The Kier molecular flexibility index (Phi) is 5.12. The van der Waals surface area contributed by atoms with Crippen LogP contribution in [-0.2, 0) is 0 Å². The van der Waals surface area contributed by atoms with Crippen LogP contribution in [0.3, 0.4) is 0 Å². The largest absolute Gasteiger partial charge is 0.291 e. The normalized spacial score (nSPS) is 26.6. The molecule has 148 valence electrons. The van der Waals surface area contributed by atoms with Crippen LogP contribution in [0.25, 0.3) is 0 Å². The lowest BCUT2D eigenvalue weighted by molar-refractivity contribution is -0.605. The van der Waals surface area contributed by atoms with E-state index in [1.54, 1.807) is 0 Å². The summed E-state index contributed by atoms with van der Waals surface area (Å²) in [6.07, 6.45) is 0. The molecule has 0 radical (unpaired) electrons. The lowest BCUT2D eigenvalue weighted by Crippen LogP contribution is -2.63. The minimum atomic E-state index is -1.35. The second-order valence-electron chi connectivity index (χ2n) is 7.51. The van der Waals surface area contributed by atoms with Crippen molar-refractivity contribution in [1.29, 1.82) is 0 Å². The van der Waals surface area contributed by atoms with Gasteiger partial charge in [0.1, 0.15) is 29.1 Å². The fourth-order valence-electron chi connectivity index (χ4n) is 4.09. The third kappa shape index (κ3) is 3.45. The van der Waals surface area contributed by atoms with Gasteiger partial charge in [-0.3, -0.25) is 25.5 Å². The molecule has 0 amide bonds. The maximum absolute atomic E-state index is 13.3. The van der Waals surface area contributed by atoms with Crippen LogP contribution in [0.4, 0.5) is 8.78 Å². The molecule has 3 rings (SSSR count). The number of nitrogens with zero attached hydrogens (tertiary/aromatic N) is 2. The van der Waals surface area contributed by atoms with E-state index in [1.165, 1.54) is 62.4 Å². The van der Waals surface area contributed by atoms with Gasteiger partial charge in [-0.05, 0) is 49.2 Å². The van der Waals surface area contributed by atoms with Gasteiger partial charge in [-0.1, -0.05) is 24.3 Å². The second-order valence-corrected chi connectivity index (χ2v) is 7.51. The first-order valence-corrected chi connectivity index (χ1v) is 8.67. The smallest absolute Gasteiger partial charge is 0.243 e. The first-order chi connectivity index (χ1) is 13.1. The van der Waals surface area contributed by atoms with Gasteiger partial charge in [0.25, 0.3) is 0 Å². The highest BCUT2D eigenvalue weighted by molar-refractivity contribution is 5.28. The number of hydrogen-bond acceptors (Lipinski definition) is 5. The van der Waals surface area contributed by atoms with Gasteiger partial charge >= 0.3 is 0 Å². The zero-order valence-corrected chi connectivity index (χ0v) is 15.2. The summed E-state index contributed by atoms with van der Waals surface area (Å²) in [5.41, 5.74) is -0.453. The van der Waals surface area contributed by atoms with E-state index >= 15 is 0 Å². The van der Waals surface area contributed by atoms with E-state index in [0.717, 1.165) is 0 Å². The molecule has 1 heterocycles. The van der Waals surface area contributed by atoms with E-state index in [1.807, 2.05) is 0 Å². The lowest BCUT2D eigenvalue weighted by Gasteiger charge is -2.44. The van der Waals surface area contributed by atoms with Gasteiger partial charge in [0.05, 0.1) is 0 Å². The molecule has 1 aliphatic heterocycles. The molecule has 28 heavy (non-hydrogen) atoms. The zero-order valence-electron chi connectivity index (χ0n) is 15.2. The molecule has 2 aromatic rings. The molecule has 2 aromatic carbocycles. The van der Waals surface area contributed by atoms with Crippen LogP contribution >= 0.6 is 0 Å². The van der Waals surface area contributed by atoms with Crippen LogP contribution in [0.5, 0.6) is 0 Å². The minimum Gasteiger partial charge on any atom is -0.291 e. The van der Waals surface area contributed by atoms with Crippen LogP contribution in [0.2, 0.25) is 0 Å². The van der Waals surface area contributed by atoms with Crippen molar-refractivity contribution >= 4 is 0 Å². The molecular weight excluding hydrogens is 372 g/mol. The van der Waals surface area contributed by atoms with Crippen molar-refractivity contribution in [2.75, 3.05) is 0 Å². The van der Waals surface area contributed by atoms with Crippen molar-refractivity contribution in [3.8, 4) is 0 Å². The molecule has 0 unspecified atom stereocenters. The molecule has 0 spiro atoms. The summed E-state index contributed by atoms with van der Waals surface area (Å²) in [6, 6.07) is 6.01. The van der Waals surface area contributed by atoms with E-state index in [2.05, 4.69) is 5.32 Å². The molecule has 4 atom stereocenters. The monoisotopic (exact) mass is 391 g/mol. The van der Waals surface area contributed by atoms with Gasteiger partial charge in [-0.15, -0.1) is 0 Å². The minimum absolute atomic E-state index is 0.449. The van der Waals surface area contributed by atoms with Gasteiger partial charge < -0.3 is 0 Å². The number of nitrogens with one attached hydrogen (secondary N) is 1. The molecule has 0 saturated carbocycles. The first kappa shape index (κ1) is 19.8. The first-order valence-electron chi connectivity index (χ1n) is 8.67. The third-order valence-corrected chi connectivity index (χ3v) is 5.43. The number of halogens is 2. The third-order valence-electron chi connectivity index (χ3n) is 5.43. The zero-order chi connectivity index (χ0) is 20.6. The molecule has 7 nitrogen and oxygen atoms in total. The quantitative estimate of drug-likeness (QED) is 0.633. The van der Waals surface area contributed by atoms with Crippen LogP contribution in [0, 0.1) is 37.3 Å². The molecule has 9 heteroatoms. The van der Waals surface area contributed by atoms with E-state index in [9.17, 15) is 29.0 Å². The van der Waals surface area contributed by atoms with Gasteiger partial charge in [-0.2, -0.15) is 0 Å². The van der Waals surface area contributed by atoms with E-state index < -0.39 is 51.1 Å². The van der Waals surface area contributed by atoms with Crippen LogP contribution in [0.1, 0.15) is 37.1 Å². The van der Waals surface area contributed by atoms with Gasteiger partial charge in [0, 0.05) is 9.85 Å². The van der Waals surface area contributed by atoms with Crippen molar-refractivity contribution in [2.45, 2.75) is 38.0 Å².